The fourth-order valence-electron chi connectivity index (χ4n) is 1.53. The van der Waals surface area contributed by atoms with Crippen LogP contribution in [0.4, 0.5) is 5.69 Å². The molecule has 0 amide bonds. The molecular formula is C14H10Cl2N2. The summed E-state index contributed by atoms with van der Waals surface area (Å²) in [6, 6.07) is 14.8. The zero-order valence-electron chi connectivity index (χ0n) is 9.45. The van der Waals surface area contributed by atoms with Crippen LogP contribution in [-0.4, -0.2) is 0 Å². The lowest BCUT2D eigenvalue weighted by Gasteiger charge is -2.08. The van der Waals surface area contributed by atoms with Crippen LogP contribution in [0.5, 0.6) is 0 Å². The lowest BCUT2D eigenvalue weighted by molar-refractivity contribution is 1.15. The fourth-order valence-corrected chi connectivity index (χ4v) is 2.00. The van der Waals surface area contributed by atoms with Crippen LogP contribution in [-0.2, 0) is 6.54 Å². The lowest BCUT2D eigenvalue weighted by Crippen LogP contribution is -1.99. The van der Waals surface area contributed by atoms with Gasteiger partial charge in [-0.2, -0.15) is 5.26 Å². The van der Waals surface area contributed by atoms with Crippen LogP contribution in [0.25, 0.3) is 0 Å². The molecule has 2 aromatic carbocycles. The number of nitrogens with zero attached hydrogens (tertiary/aromatic N) is 1. The van der Waals surface area contributed by atoms with Crippen molar-refractivity contribution in [2.45, 2.75) is 6.54 Å². The Labute approximate surface area is 116 Å². The minimum atomic E-state index is 0.594. The quantitative estimate of drug-likeness (QED) is 0.898. The first kappa shape index (κ1) is 12.8. The topological polar surface area (TPSA) is 35.8 Å². The highest BCUT2D eigenvalue weighted by Crippen LogP contribution is 2.25. The van der Waals surface area contributed by atoms with Crippen LogP contribution in [0.1, 0.15) is 11.1 Å². The Morgan fingerprint density at radius 2 is 1.78 bits per heavy atom. The Morgan fingerprint density at radius 1 is 1.06 bits per heavy atom. The highest BCUT2D eigenvalue weighted by atomic mass is 35.5. The predicted octanol–water partition coefficient (Wildman–Crippen LogP) is 4.48. The zero-order chi connectivity index (χ0) is 13.0. The van der Waals surface area contributed by atoms with E-state index in [1.54, 1.807) is 24.3 Å². The third-order valence-corrected chi connectivity index (χ3v) is 3.04. The second-order valence-electron chi connectivity index (χ2n) is 3.79. The molecule has 0 fully saturated rings. The van der Waals surface area contributed by atoms with Crippen molar-refractivity contribution in [1.82, 2.24) is 0 Å². The van der Waals surface area contributed by atoms with Crippen LogP contribution >= 0.6 is 23.2 Å². The van der Waals surface area contributed by atoms with Gasteiger partial charge < -0.3 is 5.32 Å². The largest absolute Gasteiger partial charge is 0.380 e. The Morgan fingerprint density at radius 3 is 2.39 bits per heavy atom. The summed E-state index contributed by atoms with van der Waals surface area (Å²) >= 11 is 11.9. The summed E-state index contributed by atoms with van der Waals surface area (Å²) < 4.78 is 0. The van der Waals surface area contributed by atoms with Crippen molar-refractivity contribution >= 4 is 28.9 Å². The highest BCUT2D eigenvalue weighted by Gasteiger charge is 2.01. The van der Waals surface area contributed by atoms with E-state index in [1.807, 2.05) is 18.2 Å². The molecule has 0 saturated heterocycles. The molecule has 0 aliphatic rings. The second kappa shape index (κ2) is 5.77. The molecule has 0 aromatic heterocycles. The molecule has 0 aliphatic carbocycles. The monoisotopic (exact) mass is 276 g/mol. The second-order valence-corrected chi connectivity index (χ2v) is 4.63. The van der Waals surface area contributed by atoms with Crippen molar-refractivity contribution in [3.05, 3.63) is 63.6 Å². The Bertz CT molecular complexity index is 586. The third-order valence-electron chi connectivity index (χ3n) is 2.50. The first-order valence-electron chi connectivity index (χ1n) is 5.37. The van der Waals surface area contributed by atoms with E-state index in [9.17, 15) is 0 Å². The molecule has 0 unspecified atom stereocenters. The van der Waals surface area contributed by atoms with Gasteiger partial charge in [0.1, 0.15) is 0 Å². The van der Waals surface area contributed by atoms with Gasteiger partial charge in [0.25, 0.3) is 0 Å². The molecule has 18 heavy (non-hydrogen) atoms. The molecule has 2 nitrogen and oxygen atoms in total. The molecule has 4 heteroatoms. The number of anilines is 1. The maximum Gasteiger partial charge on any atom is 0.0991 e. The van der Waals surface area contributed by atoms with Gasteiger partial charge in [-0.25, -0.2) is 0 Å². The van der Waals surface area contributed by atoms with Gasteiger partial charge in [0.15, 0.2) is 0 Å². The minimum absolute atomic E-state index is 0.594. The number of rotatable bonds is 3. The SMILES string of the molecule is N#Cc1ccc(CNc2ccc(Cl)cc2Cl)cc1. The van der Waals surface area contributed by atoms with Crippen molar-refractivity contribution in [3.8, 4) is 6.07 Å². The number of hydrogen-bond acceptors (Lipinski definition) is 2. The lowest BCUT2D eigenvalue weighted by atomic mass is 10.1. The number of nitriles is 1. The summed E-state index contributed by atoms with van der Waals surface area (Å²) in [6.07, 6.45) is 0. The highest BCUT2D eigenvalue weighted by molar-refractivity contribution is 6.36. The maximum absolute atomic E-state index is 8.70. The van der Waals surface area contributed by atoms with Gasteiger partial charge in [-0.15, -0.1) is 0 Å². The molecule has 0 radical (unpaired) electrons. The van der Waals surface area contributed by atoms with Crippen molar-refractivity contribution in [1.29, 1.82) is 5.26 Å². The molecular weight excluding hydrogens is 267 g/mol. The molecule has 0 saturated carbocycles. The molecule has 2 aromatic rings. The normalized spacial score (nSPS) is 9.83. The van der Waals surface area contributed by atoms with Gasteiger partial charge in [0.2, 0.25) is 0 Å². The first-order chi connectivity index (χ1) is 8.69. The molecule has 1 N–H and O–H groups in total. The molecule has 0 atom stereocenters. The average molecular weight is 277 g/mol. The van der Waals surface area contributed by atoms with Gasteiger partial charge in [-0.05, 0) is 35.9 Å². The van der Waals surface area contributed by atoms with Crippen LogP contribution in [0.2, 0.25) is 10.0 Å². The third kappa shape index (κ3) is 3.16. The van der Waals surface area contributed by atoms with Crippen molar-refractivity contribution in [3.63, 3.8) is 0 Å². The van der Waals surface area contributed by atoms with Gasteiger partial charge in [0.05, 0.1) is 22.3 Å². The maximum atomic E-state index is 8.70. The van der Waals surface area contributed by atoms with E-state index in [1.165, 1.54) is 0 Å². The minimum Gasteiger partial charge on any atom is -0.380 e. The van der Waals surface area contributed by atoms with Gasteiger partial charge >= 0.3 is 0 Å². The average Bonchev–Trinajstić information content (AvgIpc) is 2.38. The first-order valence-corrected chi connectivity index (χ1v) is 6.12. The standard InChI is InChI=1S/C14H10Cl2N2/c15-12-5-6-14(13(16)7-12)18-9-11-3-1-10(8-17)2-4-11/h1-7,18H,9H2. The Balaban J connectivity index is 2.04. The summed E-state index contributed by atoms with van der Waals surface area (Å²) in [4.78, 5) is 0. The van der Waals surface area contributed by atoms with E-state index in [4.69, 9.17) is 28.5 Å². The molecule has 0 bridgehead atoms. The van der Waals surface area contributed by atoms with E-state index in [0.29, 0.717) is 22.2 Å². The zero-order valence-corrected chi connectivity index (χ0v) is 11.0. The van der Waals surface area contributed by atoms with Gasteiger partial charge in [-0.3, -0.25) is 0 Å². The smallest absolute Gasteiger partial charge is 0.0991 e. The molecule has 0 spiro atoms. The van der Waals surface area contributed by atoms with Crippen LogP contribution in [0, 0.1) is 11.3 Å². The summed E-state index contributed by atoms with van der Waals surface area (Å²) in [7, 11) is 0. The number of benzene rings is 2. The van der Waals surface area contributed by atoms with E-state index in [2.05, 4.69) is 11.4 Å². The van der Waals surface area contributed by atoms with Gasteiger partial charge in [0, 0.05) is 11.6 Å². The van der Waals surface area contributed by atoms with Crippen molar-refractivity contribution < 1.29 is 0 Å². The summed E-state index contributed by atoms with van der Waals surface area (Å²) in [5.41, 5.74) is 2.58. The fraction of sp³-hybridized carbons (Fsp3) is 0.0714. The number of halogens is 2. The predicted molar refractivity (Wildman–Crippen MR) is 74.9 cm³/mol. The molecule has 90 valence electrons. The van der Waals surface area contributed by atoms with Crippen molar-refractivity contribution in [2.24, 2.45) is 0 Å². The molecule has 0 heterocycles. The Kier molecular flexibility index (Phi) is 4.09. The molecule has 0 aliphatic heterocycles. The van der Waals surface area contributed by atoms with E-state index in [-0.39, 0.29) is 0 Å². The van der Waals surface area contributed by atoms with E-state index >= 15 is 0 Å². The summed E-state index contributed by atoms with van der Waals surface area (Å²) in [6.45, 7) is 0.646. The number of hydrogen-bond donors (Lipinski definition) is 1. The number of nitrogens with one attached hydrogen (secondary N) is 1. The van der Waals surface area contributed by atoms with Gasteiger partial charge in [-0.1, -0.05) is 35.3 Å². The van der Waals surface area contributed by atoms with E-state index in [0.717, 1.165) is 11.3 Å². The Hall–Kier alpha value is -1.69. The summed E-state index contributed by atoms with van der Waals surface area (Å²) in [5.74, 6) is 0. The van der Waals surface area contributed by atoms with Crippen molar-refractivity contribution in [2.75, 3.05) is 5.32 Å². The van der Waals surface area contributed by atoms with Crippen LogP contribution < -0.4 is 5.32 Å². The van der Waals surface area contributed by atoms with Crippen LogP contribution in [0.15, 0.2) is 42.5 Å². The summed E-state index contributed by atoms with van der Waals surface area (Å²) in [5, 5.41) is 13.1. The van der Waals surface area contributed by atoms with E-state index < -0.39 is 0 Å². The van der Waals surface area contributed by atoms with Crippen LogP contribution in [0.3, 0.4) is 0 Å². The molecule has 2 rings (SSSR count).